The molecule has 1 unspecified atom stereocenters. The summed E-state index contributed by atoms with van der Waals surface area (Å²) in [5.74, 6) is 2.39. The van der Waals surface area contributed by atoms with Gasteiger partial charge < -0.3 is 5.73 Å². The number of anilines is 1. The zero-order valence-corrected chi connectivity index (χ0v) is 13.7. The minimum Gasteiger partial charge on any atom is -0.384 e. The maximum Gasteiger partial charge on any atom is 0.152 e. The van der Waals surface area contributed by atoms with E-state index in [1.807, 2.05) is 6.92 Å². The number of sulfone groups is 1. The number of nitrogen functional groups attached to an aromatic ring is 1. The molecule has 1 atom stereocenters. The van der Waals surface area contributed by atoms with Crippen molar-refractivity contribution < 1.29 is 8.42 Å². The molecule has 1 aromatic heterocycles. The molecule has 1 aliphatic heterocycles. The van der Waals surface area contributed by atoms with Gasteiger partial charge >= 0.3 is 0 Å². The number of nitrogens with two attached hydrogens (primary N) is 1. The Hall–Kier alpha value is -1.04. The summed E-state index contributed by atoms with van der Waals surface area (Å²) >= 11 is 0. The van der Waals surface area contributed by atoms with E-state index in [0.717, 1.165) is 17.2 Å². The first kappa shape index (κ1) is 14.9. The number of aromatic nitrogens is 2. The molecule has 21 heavy (non-hydrogen) atoms. The fourth-order valence-corrected chi connectivity index (χ4v) is 5.41. The zero-order chi connectivity index (χ0) is 15.2. The van der Waals surface area contributed by atoms with E-state index in [0.29, 0.717) is 18.2 Å². The zero-order valence-electron chi connectivity index (χ0n) is 12.9. The number of hydrogen-bond donors (Lipinski definition) is 1. The second-order valence-electron chi connectivity index (χ2n) is 6.85. The summed E-state index contributed by atoms with van der Waals surface area (Å²) in [4.78, 5) is 0. The quantitative estimate of drug-likeness (QED) is 0.910. The first-order valence-electron chi connectivity index (χ1n) is 7.92. The first-order valence-corrected chi connectivity index (χ1v) is 9.74. The van der Waals surface area contributed by atoms with Gasteiger partial charge in [0.05, 0.1) is 23.2 Å². The molecule has 0 aromatic carbocycles. The van der Waals surface area contributed by atoms with Crippen molar-refractivity contribution in [1.82, 2.24) is 9.78 Å². The van der Waals surface area contributed by atoms with E-state index < -0.39 is 9.84 Å². The fourth-order valence-electron chi connectivity index (χ4n) is 3.72. The third-order valence-electron chi connectivity index (χ3n) is 5.19. The minimum atomic E-state index is -2.91. The molecule has 2 fully saturated rings. The van der Waals surface area contributed by atoms with Crippen LogP contribution >= 0.6 is 0 Å². The highest BCUT2D eigenvalue weighted by molar-refractivity contribution is 7.91. The highest BCUT2D eigenvalue weighted by Gasteiger charge is 2.33. The van der Waals surface area contributed by atoms with Gasteiger partial charge in [0.2, 0.25) is 0 Å². The topological polar surface area (TPSA) is 78.0 Å². The van der Waals surface area contributed by atoms with E-state index in [-0.39, 0.29) is 17.5 Å². The normalized spacial score (nSPS) is 32.4. The van der Waals surface area contributed by atoms with Gasteiger partial charge in [-0.05, 0) is 32.1 Å². The fraction of sp³-hybridized carbons (Fsp3) is 0.800. The smallest absolute Gasteiger partial charge is 0.152 e. The second-order valence-corrected chi connectivity index (χ2v) is 9.08. The lowest BCUT2D eigenvalue weighted by Crippen LogP contribution is -2.16. The summed E-state index contributed by atoms with van der Waals surface area (Å²) < 4.78 is 25.1. The third-order valence-corrected chi connectivity index (χ3v) is 6.94. The Morgan fingerprint density at radius 2 is 1.86 bits per heavy atom. The van der Waals surface area contributed by atoms with Crippen molar-refractivity contribution in [3.63, 3.8) is 0 Å². The molecular formula is C15H25N3O2S. The summed E-state index contributed by atoms with van der Waals surface area (Å²) in [7, 11) is -2.91. The highest BCUT2D eigenvalue weighted by atomic mass is 32.2. The van der Waals surface area contributed by atoms with Crippen LogP contribution in [0.5, 0.6) is 0 Å². The van der Waals surface area contributed by atoms with Crippen LogP contribution in [-0.2, 0) is 9.84 Å². The molecule has 3 rings (SSSR count). The summed E-state index contributed by atoms with van der Waals surface area (Å²) in [5.41, 5.74) is 8.37. The monoisotopic (exact) mass is 311 g/mol. The van der Waals surface area contributed by atoms with Crippen molar-refractivity contribution in [2.24, 2.45) is 5.92 Å². The first-order chi connectivity index (χ1) is 9.87. The van der Waals surface area contributed by atoms with Gasteiger partial charge in [0.1, 0.15) is 5.82 Å². The van der Waals surface area contributed by atoms with E-state index in [2.05, 4.69) is 6.92 Å². The van der Waals surface area contributed by atoms with Crippen LogP contribution in [0.15, 0.2) is 0 Å². The molecular weight excluding hydrogens is 286 g/mol. The average molecular weight is 311 g/mol. The van der Waals surface area contributed by atoms with Crippen LogP contribution in [0, 0.1) is 12.8 Å². The highest BCUT2D eigenvalue weighted by Crippen LogP contribution is 2.38. The minimum absolute atomic E-state index is 0.0787. The molecule has 1 aliphatic carbocycles. The number of hydrogen-bond acceptors (Lipinski definition) is 4. The van der Waals surface area contributed by atoms with Gasteiger partial charge in [-0.25, -0.2) is 13.1 Å². The van der Waals surface area contributed by atoms with Gasteiger partial charge in [-0.3, -0.25) is 0 Å². The molecule has 0 bridgehead atoms. The van der Waals surface area contributed by atoms with E-state index in [1.54, 1.807) is 4.68 Å². The Morgan fingerprint density at radius 1 is 1.19 bits per heavy atom. The standard InChI is InChI=1S/C15H25N3O2S/c1-10-3-5-12(6-4-10)14-11(2)15(16)18(17-14)13-7-8-21(19,20)9-13/h10,12-13H,3-9,16H2,1-2H3. The molecule has 1 aromatic rings. The largest absolute Gasteiger partial charge is 0.384 e. The van der Waals surface area contributed by atoms with Gasteiger partial charge in [-0.2, -0.15) is 5.10 Å². The third kappa shape index (κ3) is 2.82. The molecule has 0 spiro atoms. The maximum atomic E-state index is 11.7. The Bertz CT molecular complexity index is 628. The predicted octanol–water partition coefficient (Wildman–Crippen LogP) is 2.43. The molecule has 1 saturated carbocycles. The lowest BCUT2D eigenvalue weighted by atomic mass is 9.80. The van der Waals surface area contributed by atoms with Crippen LogP contribution in [0.3, 0.4) is 0 Å². The van der Waals surface area contributed by atoms with Crippen LogP contribution in [0.25, 0.3) is 0 Å². The van der Waals surface area contributed by atoms with Crippen LogP contribution < -0.4 is 5.73 Å². The van der Waals surface area contributed by atoms with Gasteiger partial charge in [0.15, 0.2) is 9.84 Å². The van der Waals surface area contributed by atoms with Crippen LogP contribution in [-0.4, -0.2) is 29.7 Å². The second kappa shape index (κ2) is 5.30. The molecule has 6 heteroatoms. The van der Waals surface area contributed by atoms with Crippen molar-refractivity contribution in [2.45, 2.75) is 57.9 Å². The summed E-state index contributed by atoms with van der Waals surface area (Å²) in [6.45, 7) is 4.33. The van der Waals surface area contributed by atoms with Gasteiger partial charge in [-0.1, -0.05) is 19.8 Å². The van der Waals surface area contributed by atoms with Gasteiger partial charge in [0.25, 0.3) is 0 Å². The van der Waals surface area contributed by atoms with Crippen LogP contribution in [0.2, 0.25) is 0 Å². The molecule has 118 valence electrons. The lowest BCUT2D eigenvalue weighted by molar-refractivity contribution is 0.340. The Morgan fingerprint density at radius 3 is 2.43 bits per heavy atom. The molecule has 2 aliphatic rings. The Labute approximate surface area is 126 Å². The van der Waals surface area contributed by atoms with E-state index >= 15 is 0 Å². The summed E-state index contributed by atoms with van der Waals surface area (Å²) in [6.07, 6.45) is 5.46. The molecule has 1 saturated heterocycles. The Kier molecular flexibility index (Phi) is 3.76. The van der Waals surface area contributed by atoms with Crippen molar-refractivity contribution in [3.8, 4) is 0 Å². The predicted molar refractivity (Wildman–Crippen MR) is 84.1 cm³/mol. The average Bonchev–Trinajstić information content (AvgIpc) is 2.93. The number of rotatable bonds is 2. The van der Waals surface area contributed by atoms with Crippen molar-refractivity contribution in [3.05, 3.63) is 11.3 Å². The molecule has 0 amide bonds. The summed E-state index contributed by atoms with van der Waals surface area (Å²) in [6, 6.07) is -0.0787. The molecule has 2 N–H and O–H groups in total. The van der Waals surface area contributed by atoms with E-state index in [9.17, 15) is 8.42 Å². The van der Waals surface area contributed by atoms with Crippen molar-refractivity contribution in [2.75, 3.05) is 17.2 Å². The van der Waals surface area contributed by atoms with Crippen molar-refractivity contribution in [1.29, 1.82) is 0 Å². The van der Waals surface area contributed by atoms with Crippen LogP contribution in [0.1, 0.15) is 62.2 Å². The van der Waals surface area contributed by atoms with E-state index in [4.69, 9.17) is 10.8 Å². The van der Waals surface area contributed by atoms with Crippen LogP contribution in [0.4, 0.5) is 5.82 Å². The molecule has 5 nitrogen and oxygen atoms in total. The van der Waals surface area contributed by atoms with Gasteiger partial charge in [0, 0.05) is 11.5 Å². The van der Waals surface area contributed by atoms with E-state index in [1.165, 1.54) is 25.7 Å². The maximum absolute atomic E-state index is 11.7. The van der Waals surface area contributed by atoms with Gasteiger partial charge in [-0.15, -0.1) is 0 Å². The molecule has 2 heterocycles. The Balaban J connectivity index is 1.86. The van der Waals surface area contributed by atoms with Crippen molar-refractivity contribution >= 4 is 15.7 Å². The summed E-state index contributed by atoms with van der Waals surface area (Å²) in [5, 5.41) is 4.73. The molecule has 0 radical (unpaired) electrons. The SMILES string of the molecule is Cc1c(C2CCC(C)CC2)nn(C2CCS(=O)(=O)C2)c1N. The lowest BCUT2D eigenvalue weighted by Gasteiger charge is -2.25. The number of nitrogens with zero attached hydrogens (tertiary/aromatic N) is 2.